The average molecular weight is 298 g/mol. The standard InChI is InChI=1S/C15H14N4O3/c1-15(2)10-6-13(19(21)22)12(7-11(10)18-14(15)20)17-9-4-3-5-16-8-9/h3-8,17H,1-2H3,(H,18,20). The molecule has 22 heavy (non-hydrogen) atoms. The van der Waals surface area contributed by atoms with E-state index >= 15 is 0 Å². The molecule has 0 unspecified atom stereocenters. The maximum absolute atomic E-state index is 12.0. The summed E-state index contributed by atoms with van der Waals surface area (Å²) < 4.78 is 0. The number of aromatic nitrogens is 1. The minimum atomic E-state index is -0.785. The first-order chi connectivity index (χ1) is 10.4. The Morgan fingerprint density at radius 3 is 2.77 bits per heavy atom. The van der Waals surface area contributed by atoms with E-state index in [1.54, 1.807) is 44.4 Å². The van der Waals surface area contributed by atoms with Crippen LogP contribution in [0.2, 0.25) is 0 Å². The van der Waals surface area contributed by atoms with Gasteiger partial charge >= 0.3 is 0 Å². The molecular weight excluding hydrogens is 284 g/mol. The number of rotatable bonds is 3. The van der Waals surface area contributed by atoms with Gasteiger partial charge in [0.2, 0.25) is 5.91 Å². The summed E-state index contributed by atoms with van der Waals surface area (Å²) >= 11 is 0. The fourth-order valence-electron chi connectivity index (χ4n) is 2.45. The predicted octanol–water partition coefficient (Wildman–Crippen LogP) is 2.96. The van der Waals surface area contributed by atoms with E-state index in [9.17, 15) is 14.9 Å². The summed E-state index contributed by atoms with van der Waals surface area (Å²) in [5.74, 6) is -0.171. The summed E-state index contributed by atoms with van der Waals surface area (Å²) in [4.78, 5) is 26.8. The fraction of sp³-hybridized carbons (Fsp3) is 0.200. The number of hydrogen-bond donors (Lipinski definition) is 2. The lowest BCUT2D eigenvalue weighted by atomic mass is 9.86. The van der Waals surface area contributed by atoms with Crippen LogP contribution in [0.25, 0.3) is 0 Å². The van der Waals surface area contributed by atoms with Crippen molar-refractivity contribution in [1.29, 1.82) is 0 Å². The van der Waals surface area contributed by atoms with E-state index in [4.69, 9.17) is 0 Å². The van der Waals surface area contributed by atoms with Crippen LogP contribution in [0.1, 0.15) is 19.4 Å². The van der Waals surface area contributed by atoms with Gasteiger partial charge < -0.3 is 10.6 Å². The molecule has 1 aliphatic rings. The Morgan fingerprint density at radius 1 is 1.36 bits per heavy atom. The molecule has 7 nitrogen and oxygen atoms in total. The van der Waals surface area contributed by atoms with Gasteiger partial charge in [-0.05, 0) is 37.6 Å². The topological polar surface area (TPSA) is 97.2 Å². The number of hydrogen-bond acceptors (Lipinski definition) is 5. The van der Waals surface area contributed by atoms with E-state index in [0.29, 0.717) is 22.6 Å². The first-order valence-electron chi connectivity index (χ1n) is 6.71. The lowest BCUT2D eigenvalue weighted by Crippen LogP contribution is -2.26. The van der Waals surface area contributed by atoms with Gasteiger partial charge in [-0.2, -0.15) is 0 Å². The lowest BCUT2D eigenvalue weighted by molar-refractivity contribution is -0.384. The molecule has 7 heteroatoms. The molecule has 2 aromatic rings. The van der Waals surface area contributed by atoms with Crippen molar-refractivity contribution in [2.24, 2.45) is 0 Å². The number of fused-ring (bicyclic) bond motifs is 1. The molecule has 3 rings (SSSR count). The number of anilines is 3. The molecule has 0 aliphatic carbocycles. The largest absolute Gasteiger partial charge is 0.349 e. The number of nitrogens with zero attached hydrogens (tertiary/aromatic N) is 2. The second-order valence-corrected chi connectivity index (χ2v) is 5.62. The molecule has 2 N–H and O–H groups in total. The summed E-state index contributed by atoms with van der Waals surface area (Å²) in [6.45, 7) is 3.48. The van der Waals surface area contributed by atoms with Crippen molar-refractivity contribution in [3.05, 3.63) is 52.3 Å². The third kappa shape index (κ3) is 2.16. The molecule has 0 spiro atoms. The van der Waals surface area contributed by atoms with Crippen molar-refractivity contribution in [3.8, 4) is 0 Å². The SMILES string of the molecule is CC1(C)C(=O)Nc2cc(Nc3cccnc3)c([N+](=O)[O-])cc21. The molecule has 1 aliphatic heterocycles. The highest BCUT2D eigenvalue weighted by Gasteiger charge is 2.40. The van der Waals surface area contributed by atoms with E-state index in [1.807, 2.05) is 0 Å². The van der Waals surface area contributed by atoms with E-state index in [-0.39, 0.29) is 11.6 Å². The molecule has 0 saturated heterocycles. The Labute approximate surface area is 126 Å². The molecule has 1 amide bonds. The lowest BCUT2D eigenvalue weighted by Gasteiger charge is -2.15. The fourth-order valence-corrected chi connectivity index (χ4v) is 2.45. The normalized spacial score (nSPS) is 15.1. The average Bonchev–Trinajstić information content (AvgIpc) is 2.69. The predicted molar refractivity (Wildman–Crippen MR) is 82.3 cm³/mol. The zero-order valence-corrected chi connectivity index (χ0v) is 12.1. The van der Waals surface area contributed by atoms with Crippen LogP contribution in [0.4, 0.5) is 22.7 Å². The molecule has 1 aromatic carbocycles. The molecule has 0 fully saturated rings. The van der Waals surface area contributed by atoms with Gasteiger partial charge in [0.1, 0.15) is 5.69 Å². The molecular formula is C15H14N4O3. The number of pyridine rings is 1. The minimum absolute atomic E-state index is 0.0767. The summed E-state index contributed by atoms with van der Waals surface area (Å²) in [5, 5.41) is 17.1. The molecule has 0 radical (unpaired) electrons. The van der Waals surface area contributed by atoms with Crippen LogP contribution in [-0.2, 0) is 10.2 Å². The van der Waals surface area contributed by atoms with Gasteiger partial charge in [-0.1, -0.05) is 0 Å². The van der Waals surface area contributed by atoms with Crippen molar-refractivity contribution < 1.29 is 9.72 Å². The second-order valence-electron chi connectivity index (χ2n) is 5.62. The third-order valence-electron chi connectivity index (χ3n) is 3.76. The Balaban J connectivity index is 2.10. The highest BCUT2D eigenvalue weighted by atomic mass is 16.6. The first-order valence-corrected chi connectivity index (χ1v) is 6.71. The maximum Gasteiger partial charge on any atom is 0.293 e. The molecule has 0 saturated carbocycles. The smallest absolute Gasteiger partial charge is 0.293 e. The van der Waals surface area contributed by atoms with Crippen molar-refractivity contribution in [1.82, 2.24) is 4.98 Å². The minimum Gasteiger partial charge on any atom is -0.349 e. The van der Waals surface area contributed by atoms with Gasteiger partial charge in [-0.3, -0.25) is 19.9 Å². The van der Waals surface area contributed by atoms with Crippen LogP contribution in [-0.4, -0.2) is 15.8 Å². The Morgan fingerprint density at radius 2 is 2.14 bits per heavy atom. The Kier molecular flexibility index (Phi) is 3.05. The van der Waals surface area contributed by atoms with Gasteiger partial charge in [0.25, 0.3) is 5.69 Å². The highest BCUT2D eigenvalue weighted by molar-refractivity contribution is 6.06. The van der Waals surface area contributed by atoms with Gasteiger partial charge in [0.05, 0.1) is 22.2 Å². The van der Waals surface area contributed by atoms with Crippen LogP contribution in [0.5, 0.6) is 0 Å². The van der Waals surface area contributed by atoms with Gasteiger partial charge in [-0.25, -0.2) is 0 Å². The molecule has 0 bridgehead atoms. The number of carbonyl (C=O) groups is 1. The molecule has 2 heterocycles. The Bertz CT molecular complexity index is 772. The number of nitrogens with one attached hydrogen (secondary N) is 2. The van der Waals surface area contributed by atoms with Crippen LogP contribution in [0.15, 0.2) is 36.7 Å². The number of carbonyl (C=O) groups excluding carboxylic acids is 1. The first kappa shape index (κ1) is 14.0. The van der Waals surface area contributed by atoms with Crippen molar-refractivity contribution in [3.63, 3.8) is 0 Å². The number of nitro benzene ring substituents is 1. The molecule has 0 atom stereocenters. The quantitative estimate of drug-likeness (QED) is 0.670. The molecule has 112 valence electrons. The summed E-state index contributed by atoms with van der Waals surface area (Å²) in [6, 6.07) is 6.53. The van der Waals surface area contributed by atoms with E-state index in [0.717, 1.165) is 0 Å². The van der Waals surface area contributed by atoms with Crippen LogP contribution in [0, 0.1) is 10.1 Å². The summed E-state index contributed by atoms with van der Waals surface area (Å²) in [7, 11) is 0. The van der Waals surface area contributed by atoms with Crippen LogP contribution in [0.3, 0.4) is 0 Å². The Hall–Kier alpha value is -2.96. The summed E-state index contributed by atoms with van der Waals surface area (Å²) in [5.41, 5.74) is 1.30. The van der Waals surface area contributed by atoms with Crippen LogP contribution < -0.4 is 10.6 Å². The summed E-state index contributed by atoms with van der Waals surface area (Å²) in [6.07, 6.45) is 3.19. The third-order valence-corrected chi connectivity index (χ3v) is 3.76. The van der Waals surface area contributed by atoms with E-state index < -0.39 is 10.3 Å². The van der Waals surface area contributed by atoms with Crippen molar-refractivity contribution in [2.75, 3.05) is 10.6 Å². The van der Waals surface area contributed by atoms with Gasteiger partial charge in [0, 0.05) is 18.0 Å². The van der Waals surface area contributed by atoms with E-state index in [1.165, 1.54) is 6.07 Å². The second kappa shape index (κ2) is 4.80. The number of nitro groups is 1. The molecule has 1 aromatic heterocycles. The zero-order chi connectivity index (χ0) is 15.9. The van der Waals surface area contributed by atoms with Crippen molar-refractivity contribution >= 4 is 28.7 Å². The van der Waals surface area contributed by atoms with Crippen molar-refractivity contribution in [2.45, 2.75) is 19.3 Å². The number of benzene rings is 1. The van der Waals surface area contributed by atoms with Gasteiger partial charge in [0.15, 0.2) is 0 Å². The number of amides is 1. The maximum atomic E-state index is 12.0. The monoisotopic (exact) mass is 298 g/mol. The highest BCUT2D eigenvalue weighted by Crippen LogP contribution is 2.43. The zero-order valence-electron chi connectivity index (χ0n) is 12.1. The van der Waals surface area contributed by atoms with Gasteiger partial charge in [-0.15, -0.1) is 0 Å². The van der Waals surface area contributed by atoms with E-state index in [2.05, 4.69) is 15.6 Å². The van der Waals surface area contributed by atoms with Crippen LogP contribution >= 0.6 is 0 Å².